The van der Waals surface area contributed by atoms with Crippen LogP contribution in [0.4, 0.5) is 15.3 Å². The van der Waals surface area contributed by atoms with Crippen molar-refractivity contribution in [3.63, 3.8) is 0 Å². The summed E-state index contributed by atoms with van der Waals surface area (Å²) in [5.41, 5.74) is 11.7. The number of ether oxygens (including phenoxy) is 4. The van der Waals surface area contributed by atoms with Gasteiger partial charge >= 0.3 is 12.1 Å². The molecule has 15 N–H and O–H groups in total. The quantitative estimate of drug-likeness (QED) is 0.0422. The lowest BCUT2D eigenvalue weighted by Crippen LogP contribution is -2.60. The topological polar surface area (TPSA) is 480 Å². The third-order valence-corrected chi connectivity index (χ3v) is 19.8. The summed E-state index contributed by atoms with van der Waals surface area (Å²) in [7, 11) is 1.48. The van der Waals surface area contributed by atoms with Crippen molar-refractivity contribution in [1.29, 1.82) is 0 Å². The van der Waals surface area contributed by atoms with Crippen molar-refractivity contribution in [3.8, 4) is 0 Å². The number of aliphatic hydroxyl groups excluding tert-OH is 1. The summed E-state index contributed by atoms with van der Waals surface area (Å²) in [6, 6.07) is 3.31. The summed E-state index contributed by atoms with van der Waals surface area (Å²) < 4.78 is 47.8. The van der Waals surface area contributed by atoms with Gasteiger partial charge in [0, 0.05) is 90.1 Å². The number of likely N-dealkylation sites (N-methyl/N-ethyl adjacent to an activating group) is 2. The summed E-state index contributed by atoms with van der Waals surface area (Å²) in [6.45, 7) is 20.4. The Morgan fingerprint density at radius 2 is 1.35 bits per heavy atom. The van der Waals surface area contributed by atoms with Crippen molar-refractivity contribution >= 4 is 86.8 Å². The minimum Gasteiger partial charge on any atom is -0.445 e. The molecule has 2 aromatic carbocycles. The largest absolute Gasteiger partial charge is 0.445 e. The zero-order chi connectivity index (χ0) is 80.7. The Balaban J connectivity index is 1.85. The minimum absolute atomic E-state index is 0.000599. The number of ketones is 1. The highest BCUT2D eigenvalue weighted by Gasteiger charge is 2.44. The third-order valence-electron chi connectivity index (χ3n) is 19.0. The molecule has 1 heterocycles. The van der Waals surface area contributed by atoms with Crippen molar-refractivity contribution in [1.82, 2.24) is 51.9 Å². The van der Waals surface area contributed by atoms with Crippen LogP contribution < -0.4 is 59.1 Å². The average molecular weight is 1530 g/mol. The number of rotatable bonds is 46. The Labute approximate surface area is 629 Å². The predicted octanol–water partition coefficient (Wildman–Crippen LogP) is 2.08. The second-order valence-electron chi connectivity index (χ2n) is 28.6. The fourth-order valence-electron chi connectivity index (χ4n) is 12.7. The van der Waals surface area contributed by atoms with Crippen molar-refractivity contribution in [2.75, 3.05) is 78.8 Å². The Morgan fingerprint density at radius 3 is 1.92 bits per heavy atom. The van der Waals surface area contributed by atoms with Crippen LogP contribution >= 0.6 is 0 Å². The molecule has 0 aliphatic carbocycles. The molecule has 1 aliphatic heterocycles. The predicted molar refractivity (Wildman–Crippen MR) is 400 cm³/mol. The number of urea groups is 1. The maximum Gasteiger partial charge on any atom is 0.410 e. The van der Waals surface area contributed by atoms with Gasteiger partial charge in [-0.1, -0.05) is 119 Å². The molecule has 0 spiro atoms. The number of carbonyl (C=O) groups excluding carboxylic acids is 12. The van der Waals surface area contributed by atoms with Gasteiger partial charge in [0.1, 0.15) is 42.6 Å². The molecule has 13 atom stereocenters. The number of carbonyl (C=O) groups is 12. The van der Waals surface area contributed by atoms with E-state index in [1.54, 1.807) is 105 Å². The van der Waals surface area contributed by atoms with Crippen LogP contribution in [-0.2, 0) is 78.7 Å². The molecule has 0 aromatic heterocycles. The van der Waals surface area contributed by atoms with E-state index < -0.39 is 166 Å². The number of nitrogens with two attached hydrogens (primary N) is 3. The first-order valence-electron chi connectivity index (χ1n) is 36.6. The number of hydrogen-bond acceptors (Lipinski definition) is 20. The lowest BCUT2D eigenvalue weighted by molar-refractivity contribution is -0.148. The number of aliphatic hydroxyl groups is 1. The molecule has 12 amide bonds. The van der Waals surface area contributed by atoms with Crippen molar-refractivity contribution in [2.24, 2.45) is 52.1 Å². The van der Waals surface area contributed by atoms with Gasteiger partial charge in [0.2, 0.25) is 57.3 Å². The van der Waals surface area contributed by atoms with Crippen molar-refractivity contribution in [2.45, 2.75) is 208 Å². The van der Waals surface area contributed by atoms with Gasteiger partial charge in [0.15, 0.2) is 0 Å². The first-order chi connectivity index (χ1) is 50.2. The number of hydrogen-bond donors (Lipinski definition) is 12. The summed E-state index contributed by atoms with van der Waals surface area (Å²) in [5.74, 6) is -10.3. The van der Waals surface area contributed by atoms with Crippen LogP contribution in [0.5, 0.6) is 0 Å². The van der Waals surface area contributed by atoms with Crippen molar-refractivity contribution in [3.05, 3.63) is 65.2 Å². The Bertz CT molecular complexity index is 3400. The van der Waals surface area contributed by atoms with Gasteiger partial charge in [-0.25, -0.2) is 23.1 Å². The Hall–Kier alpha value is -8.41. The minimum atomic E-state index is -4.42. The first kappa shape index (κ1) is 92.8. The van der Waals surface area contributed by atoms with E-state index in [1.165, 1.54) is 44.4 Å². The van der Waals surface area contributed by atoms with Gasteiger partial charge in [-0.15, -0.1) is 0 Å². The highest BCUT2D eigenvalue weighted by Crippen LogP contribution is 2.31. The molecule has 33 nitrogen and oxygen atoms in total. The molecule has 1 saturated heterocycles. The first-order valence-corrected chi connectivity index (χ1v) is 38.3. The molecule has 107 heavy (non-hydrogen) atoms. The number of Topliss-reactive ketones (excluding diaryl/α,β-unsaturated/α-hetero) is 1. The average Bonchev–Trinajstić information content (AvgIpc) is 1.76. The standard InChI is InChI=1S/C73H120N14O19S/c1-17-45(10)62(56(103-15)38-58(90)87-34-22-26-54(87)64(104-16)46(11)65(92)79-47(12)63(91)48-23-19-18-20-24-48)85(13)71(98)60(43(6)7)84-70(97)61(44(8)9)86(14)73(100)106-39-49-27-28-50(37-51(49)66(93)77-33-31-74)80-67(94)52(25-21-32-78-72(75)99)82-69(96)59(42(4)5)83-68(95)53(40-107(76,101)102)81-57(89)30-36-105-35-29-55(88)41(2)3/h18-20,23-24,27-28,37,41-47,52-54,56,59-64,91H,17,21-22,25-26,29-36,38-40,74H2,1-16H3,(H,77,93)(H,79,92)(H,80,94)(H,81,89)(H,82,96)(H,83,95)(H,84,97)(H3,75,78,99)(H2,76,101,102)/t45-,46+,47+,52-,53-,54-,56+,59-,60-,61-,62-,63+,64+/m0/s1. The van der Waals surface area contributed by atoms with Crippen LogP contribution in [-0.4, -0.2) is 233 Å². The lowest BCUT2D eigenvalue weighted by atomic mass is 9.89. The van der Waals surface area contributed by atoms with Gasteiger partial charge in [-0.05, 0) is 74.0 Å². The molecule has 0 radical (unpaired) electrons. The van der Waals surface area contributed by atoms with E-state index in [0.29, 0.717) is 31.4 Å². The van der Waals surface area contributed by atoms with E-state index in [4.69, 9.17) is 35.6 Å². The van der Waals surface area contributed by atoms with Crippen LogP contribution in [0.3, 0.4) is 0 Å². The molecule has 0 bridgehead atoms. The van der Waals surface area contributed by atoms with Gasteiger partial charge in [-0.2, -0.15) is 0 Å². The molecule has 2 aromatic rings. The van der Waals surface area contributed by atoms with Crippen LogP contribution in [0.2, 0.25) is 0 Å². The van der Waals surface area contributed by atoms with E-state index >= 15 is 0 Å². The summed E-state index contributed by atoms with van der Waals surface area (Å²) >= 11 is 0. The lowest BCUT2D eigenvalue weighted by Gasteiger charge is -2.41. The molecule has 1 aliphatic rings. The van der Waals surface area contributed by atoms with E-state index in [1.807, 2.05) is 19.9 Å². The molecule has 0 unspecified atom stereocenters. The maximum absolute atomic E-state index is 15.0. The Morgan fingerprint density at radius 1 is 0.710 bits per heavy atom. The second-order valence-corrected chi connectivity index (χ2v) is 30.3. The number of primary amides is 1. The van der Waals surface area contributed by atoms with Crippen LogP contribution in [0.15, 0.2) is 48.5 Å². The molecular formula is C73H120N14O19S. The Kier molecular flexibility index (Phi) is 39.4. The smallest absolute Gasteiger partial charge is 0.410 e. The molecule has 602 valence electrons. The number of sulfonamides is 1. The highest BCUT2D eigenvalue weighted by atomic mass is 32.2. The maximum atomic E-state index is 15.0. The van der Waals surface area contributed by atoms with Gasteiger partial charge < -0.3 is 87.9 Å². The molecular weight excluding hydrogens is 1410 g/mol. The number of amides is 12. The summed E-state index contributed by atoms with van der Waals surface area (Å²) in [6.07, 6.45) is -2.18. The molecule has 1 fully saturated rings. The number of nitrogens with one attached hydrogen (secondary N) is 8. The summed E-state index contributed by atoms with van der Waals surface area (Å²) in [5, 5.41) is 37.2. The second kappa shape index (κ2) is 45.4. The summed E-state index contributed by atoms with van der Waals surface area (Å²) in [4.78, 5) is 169. The monoisotopic (exact) mass is 1530 g/mol. The zero-order valence-corrected chi connectivity index (χ0v) is 65.8. The highest BCUT2D eigenvalue weighted by molar-refractivity contribution is 7.89. The number of benzene rings is 2. The van der Waals surface area contributed by atoms with Crippen LogP contribution in [0, 0.1) is 35.5 Å². The van der Waals surface area contributed by atoms with Crippen molar-refractivity contribution < 1.29 is 90.0 Å². The van der Waals surface area contributed by atoms with Crippen LogP contribution in [0.25, 0.3) is 0 Å². The van der Waals surface area contributed by atoms with E-state index in [2.05, 4.69) is 42.5 Å². The fourth-order valence-corrected chi connectivity index (χ4v) is 13.4. The SMILES string of the molecule is CC[C@H](C)[C@@H]([C@@H](CC(=O)N1CCC[C@H]1[C@H](OC)[C@@H](C)C(=O)N[C@H](C)[C@@H](O)c1ccccc1)OC)N(C)C(=O)[C@@H](NC(=O)[C@H](C(C)C)N(C)C(=O)OCc1ccc(NC(=O)[C@H](CCCNC(N)=O)NC(=O)[C@@H](NC(=O)[C@H](CS(N)(=O)=O)NC(=O)CCOCCC(=O)C(C)C)C(C)C)cc1C(=O)NCCN)C(C)C. The van der Waals surface area contributed by atoms with Gasteiger partial charge in [0.25, 0.3) is 5.91 Å². The van der Waals surface area contributed by atoms with Crippen LogP contribution in [0.1, 0.15) is 162 Å². The molecule has 3 rings (SSSR count). The molecule has 34 heteroatoms. The zero-order valence-electron chi connectivity index (χ0n) is 65.0. The van der Waals surface area contributed by atoms with E-state index in [-0.39, 0.29) is 111 Å². The normalized spacial score (nSPS) is 16.4. The molecule has 0 saturated carbocycles. The third kappa shape index (κ3) is 29.6. The number of anilines is 1. The number of primary sulfonamides is 1. The van der Waals surface area contributed by atoms with Gasteiger partial charge in [0.05, 0.1) is 67.7 Å². The number of nitrogens with zero attached hydrogens (tertiary/aromatic N) is 3. The fraction of sp³-hybridized carbons (Fsp3) is 0.671. The van der Waals surface area contributed by atoms with Gasteiger partial charge in [-0.3, -0.25) is 52.8 Å². The van der Waals surface area contributed by atoms with E-state index in [9.17, 15) is 71.1 Å². The van der Waals surface area contributed by atoms with E-state index in [0.717, 1.165) is 4.90 Å². The number of likely N-dealkylation sites (tertiary alicyclic amines) is 1. The number of methoxy groups -OCH3 is 2.